The van der Waals surface area contributed by atoms with Crippen molar-refractivity contribution < 1.29 is 14.7 Å². The van der Waals surface area contributed by atoms with Crippen LogP contribution in [0.2, 0.25) is 10.0 Å². The van der Waals surface area contributed by atoms with Crippen molar-refractivity contribution in [1.29, 1.82) is 0 Å². The summed E-state index contributed by atoms with van der Waals surface area (Å²) in [7, 11) is 3.89. The molecule has 7 heteroatoms. The minimum absolute atomic E-state index is 0.0621. The van der Waals surface area contributed by atoms with Crippen LogP contribution in [0.4, 0.5) is 0 Å². The minimum atomic E-state index is -0.733. The number of aliphatic hydroxyl groups excluding tert-OH is 1. The molecule has 0 unspecified atom stereocenters. The molecule has 1 saturated heterocycles. The zero-order valence-electron chi connectivity index (χ0n) is 17.2. The zero-order chi connectivity index (χ0) is 22.0. The Kier molecular flexibility index (Phi) is 6.86. The molecule has 0 bridgehead atoms. The Morgan fingerprint density at radius 1 is 1.07 bits per heavy atom. The van der Waals surface area contributed by atoms with Crippen LogP contribution in [0.15, 0.2) is 48.0 Å². The molecule has 0 aromatic heterocycles. The Balaban J connectivity index is 2.11. The van der Waals surface area contributed by atoms with Gasteiger partial charge in [0.2, 0.25) is 0 Å². The molecule has 0 spiro atoms. The van der Waals surface area contributed by atoms with Gasteiger partial charge in [-0.05, 0) is 51.7 Å². The molecule has 1 heterocycles. The van der Waals surface area contributed by atoms with Crippen molar-refractivity contribution in [3.63, 3.8) is 0 Å². The first-order valence-electron chi connectivity index (χ1n) is 9.66. The fourth-order valence-electron chi connectivity index (χ4n) is 3.56. The summed E-state index contributed by atoms with van der Waals surface area (Å²) in [5.41, 5.74) is 2.20. The molecule has 5 nitrogen and oxygen atoms in total. The third kappa shape index (κ3) is 4.53. The predicted octanol–water partition coefficient (Wildman–Crippen LogP) is 4.68. The summed E-state index contributed by atoms with van der Waals surface area (Å²) < 4.78 is 0. The first-order valence-corrected chi connectivity index (χ1v) is 10.4. The lowest BCUT2D eigenvalue weighted by molar-refractivity contribution is -0.139. The number of ketones is 1. The molecule has 1 aliphatic heterocycles. The monoisotopic (exact) mass is 446 g/mol. The fraction of sp³-hybridized carbons (Fsp3) is 0.304. The molecule has 1 N–H and O–H groups in total. The topological polar surface area (TPSA) is 60.9 Å². The lowest BCUT2D eigenvalue weighted by atomic mass is 9.95. The van der Waals surface area contributed by atoms with E-state index in [1.807, 2.05) is 38.1 Å². The van der Waals surface area contributed by atoms with E-state index in [-0.39, 0.29) is 11.3 Å². The van der Waals surface area contributed by atoms with Gasteiger partial charge in [0.1, 0.15) is 5.76 Å². The quantitative estimate of drug-likeness (QED) is 0.397. The van der Waals surface area contributed by atoms with Crippen LogP contribution in [0.25, 0.3) is 5.76 Å². The molecule has 2 aromatic rings. The van der Waals surface area contributed by atoms with Gasteiger partial charge in [-0.15, -0.1) is 0 Å². The number of carbonyl (C=O) groups excluding carboxylic acids is 2. The molecule has 1 aliphatic rings. The Labute approximate surface area is 186 Å². The third-order valence-corrected chi connectivity index (χ3v) is 5.87. The molecule has 0 radical (unpaired) electrons. The number of halogens is 2. The summed E-state index contributed by atoms with van der Waals surface area (Å²) >= 11 is 12.3. The van der Waals surface area contributed by atoms with Crippen molar-refractivity contribution in [2.24, 2.45) is 0 Å². The van der Waals surface area contributed by atoms with E-state index in [9.17, 15) is 14.7 Å². The van der Waals surface area contributed by atoms with Crippen LogP contribution in [0.1, 0.15) is 29.2 Å². The van der Waals surface area contributed by atoms with E-state index in [4.69, 9.17) is 23.2 Å². The summed E-state index contributed by atoms with van der Waals surface area (Å²) in [6, 6.07) is 11.4. The van der Waals surface area contributed by atoms with Gasteiger partial charge in [-0.3, -0.25) is 9.59 Å². The second-order valence-corrected chi connectivity index (χ2v) is 8.50. The van der Waals surface area contributed by atoms with Gasteiger partial charge in [-0.25, -0.2) is 0 Å². The Morgan fingerprint density at radius 3 is 2.33 bits per heavy atom. The summed E-state index contributed by atoms with van der Waals surface area (Å²) in [6.45, 7) is 3.07. The maximum atomic E-state index is 13.0. The molecule has 3 rings (SSSR count). The highest BCUT2D eigenvalue weighted by atomic mass is 35.5. The minimum Gasteiger partial charge on any atom is -0.507 e. The van der Waals surface area contributed by atoms with E-state index in [2.05, 4.69) is 0 Å². The number of nitrogens with zero attached hydrogens (tertiary/aromatic N) is 2. The van der Waals surface area contributed by atoms with Crippen LogP contribution in [0.5, 0.6) is 0 Å². The molecule has 1 atom stereocenters. The molecule has 1 fully saturated rings. The molecular formula is C23H24Cl2N2O3. The normalized spacial score (nSPS) is 18.5. The highest BCUT2D eigenvalue weighted by molar-refractivity contribution is 6.46. The van der Waals surface area contributed by atoms with Crippen LogP contribution >= 0.6 is 23.2 Å². The van der Waals surface area contributed by atoms with E-state index in [0.717, 1.165) is 12.1 Å². The summed E-state index contributed by atoms with van der Waals surface area (Å²) in [6.07, 6.45) is 0.683. The number of hydrogen-bond donors (Lipinski definition) is 1. The van der Waals surface area contributed by atoms with Crippen LogP contribution in [-0.4, -0.2) is 53.8 Å². The summed E-state index contributed by atoms with van der Waals surface area (Å²) in [4.78, 5) is 29.3. The number of benzene rings is 2. The molecule has 158 valence electrons. The maximum absolute atomic E-state index is 13.0. The number of aliphatic hydroxyl groups is 1. The number of rotatable bonds is 6. The van der Waals surface area contributed by atoms with E-state index >= 15 is 0 Å². The van der Waals surface area contributed by atoms with Gasteiger partial charge >= 0.3 is 0 Å². The van der Waals surface area contributed by atoms with E-state index in [1.54, 1.807) is 30.3 Å². The van der Waals surface area contributed by atoms with E-state index in [0.29, 0.717) is 34.1 Å². The third-order valence-electron chi connectivity index (χ3n) is 5.13. The molecule has 0 saturated carbocycles. The largest absolute Gasteiger partial charge is 0.507 e. The average molecular weight is 447 g/mol. The standard InChI is InChI=1S/C23H24Cl2N2O3/c1-14-5-7-15(8-6-14)21(28)19-20(16-9-10-17(24)18(25)13-16)27(23(30)22(19)29)12-4-11-26(2)3/h5-10,13,20,28H,4,11-12H2,1-3H3/b21-19+/t20-/m1/s1. The lowest BCUT2D eigenvalue weighted by Gasteiger charge is -2.26. The van der Waals surface area contributed by atoms with Crippen molar-refractivity contribution in [1.82, 2.24) is 9.80 Å². The van der Waals surface area contributed by atoms with Gasteiger partial charge in [0.25, 0.3) is 11.7 Å². The Bertz CT molecular complexity index is 1000. The van der Waals surface area contributed by atoms with Crippen LogP contribution in [-0.2, 0) is 9.59 Å². The first-order chi connectivity index (χ1) is 14.2. The summed E-state index contributed by atoms with van der Waals surface area (Å²) in [5.74, 6) is -1.52. The molecule has 2 aromatic carbocycles. The maximum Gasteiger partial charge on any atom is 0.295 e. The number of aryl methyl sites for hydroxylation is 1. The van der Waals surface area contributed by atoms with Gasteiger partial charge < -0.3 is 14.9 Å². The van der Waals surface area contributed by atoms with Gasteiger partial charge in [0.15, 0.2) is 0 Å². The predicted molar refractivity (Wildman–Crippen MR) is 120 cm³/mol. The molecule has 30 heavy (non-hydrogen) atoms. The van der Waals surface area contributed by atoms with Crippen molar-refractivity contribution in [3.8, 4) is 0 Å². The number of likely N-dealkylation sites (tertiary alicyclic amines) is 1. The van der Waals surface area contributed by atoms with E-state index in [1.165, 1.54) is 4.90 Å². The second-order valence-electron chi connectivity index (χ2n) is 7.69. The van der Waals surface area contributed by atoms with Crippen molar-refractivity contribution in [2.45, 2.75) is 19.4 Å². The lowest BCUT2D eigenvalue weighted by Crippen LogP contribution is -2.32. The van der Waals surface area contributed by atoms with Crippen molar-refractivity contribution >= 4 is 40.7 Å². The number of carbonyl (C=O) groups is 2. The molecule has 0 aliphatic carbocycles. The van der Waals surface area contributed by atoms with Gasteiger partial charge in [0, 0.05) is 12.1 Å². The van der Waals surface area contributed by atoms with Crippen LogP contribution < -0.4 is 0 Å². The molecular weight excluding hydrogens is 423 g/mol. The highest BCUT2D eigenvalue weighted by Crippen LogP contribution is 2.41. The van der Waals surface area contributed by atoms with Gasteiger partial charge in [-0.1, -0.05) is 59.1 Å². The summed E-state index contributed by atoms with van der Waals surface area (Å²) in [5, 5.41) is 11.7. The SMILES string of the molecule is Cc1ccc(/C(O)=C2\C(=O)C(=O)N(CCCN(C)C)[C@@H]2c2ccc(Cl)c(Cl)c2)cc1. The average Bonchev–Trinajstić information content (AvgIpc) is 2.95. The number of amides is 1. The number of hydrogen-bond acceptors (Lipinski definition) is 4. The van der Waals surface area contributed by atoms with Crippen LogP contribution in [0, 0.1) is 6.92 Å². The van der Waals surface area contributed by atoms with Gasteiger partial charge in [-0.2, -0.15) is 0 Å². The van der Waals surface area contributed by atoms with Crippen molar-refractivity contribution in [3.05, 3.63) is 74.8 Å². The van der Waals surface area contributed by atoms with E-state index < -0.39 is 17.7 Å². The van der Waals surface area contributed by atoms with Crippen molar-refractivity contribution in [2.75, 3.05) is 27.2 Å². The fourth-order valence-corrected chi connectivity index (χ4v) is 3.87. The number of Topliss-reactive ketones (excluding diaryl/α,β-unsaturated/α-hetero) is 1. The first kappa shape index (κ1) is 22.3. The molecule has 1 amide bonds. The smallest absolute Gasteiger partial charge is 0.295 e. The Hall–Kier alpha value is -2.34. The van der Waals surface area contributed by atoms with Crippen LogP contribution in [0.3, 0.4) is 0 Å². The van der Waals surface area contributed by atoms with Gasteiger partial charge in [0.05, 0.1) is 21.7 Å². The second kappa shape index (κ2) is 9.21. The Morgan fingerprint density at radius 2 is 1.73 bits per heavy atom. The zero-order valence-corrected chi connectivity index (χ0v) is 18.7. The highest BCUT2D eigenvalue weighted by Gasteiger charge is 2.45.